The molecule has 5 nitrogen and oxygen atoms in total. The summed E-state index contributed by atoms with van der Waals surface area (Å²) in [7, 11) is 0. The van der Waals surface area contributed by atoms with Gasteiger partial charge in [-0.3, -0.25) is 0 Å². The number of nitrogens with zero attached hydrogens (tertiary/aromatic N) is 4. The first-order valence-corrected chi connectivity index (χ1v) is 7.44. The minimum Gasteiger partial charge on any atom is -0.494 e. The summed E-state index contributed by atoms with van der Waals surface area (Å²) in [4.78, 5) is 0. The molecule has 0 bridgehead atoms. The Kier molecular flexibility index (Phi) is 3.81. The minimum atomic E-state index is -4.59. The van der Waals surface area contributed by atoms with E-state index in [-0.39, 0.29) is 5.16 Å². The zero-order valence-corrected chi connectivity index (χ0v) is 12.3. The highest BCUT2D eigenvalue weighted by Crippen LogP contribution is 2.32. The number of alkyl halides is 3. The first-order chi connectivity index (χ1) is 10.5. The number of fused-ring (bicyclic) bond motifs is 1. The fourth-order valence-corrected chi connectivity index (χ4v) is 2.79. The zero-order chi connectivity index (χ0) is 15.7. The number of halogens is 3. The molecular formula is C13H11F3N4OS. The molecule has 116 valence electrons. The number of aromatic nitrogens is 3. The van der Waals surface area contributed by atoms with Gasteiger partial charge in [0, 0.05) is 5.75 Å². The van der Waals surface area contributed by atoms with Gasteiger partial charge in [-0.25, -0.2) is 0 Å². The van der Waals surface area contributed by atoms with Crippen LogP contribution in [-0.2, 0) is 6.18 Å². The Morgan fingerprint density at radius 1 is 1.23 bits per heavy atom. The van der Waals surface area contributed by atoms with Crippen LogP contribution in [0.1, 0.15) is 18.3 Å². The second-order valence-electron chi connectivity index (χ2n) is 4.41. The maximum absolute atomic E-state index is 12.9. The summed E-state index contributed by atoms with van der Waals surface area (Å²) in [6, 6.07) is 7.07. The van der Waals surface area contributed by atoms with Gasteiger partial charge >= 0.3 is 6.18 Å². The molecule has 0 saturated heterocycles. The number of hydrogen-bond acceptors (Lipinski definition) is 5. The van der Waals surface area contributed by atoms with Crippen molar-refractivity contribution in [2.24, 2.45) is 5.10 Å². The Labute approximate surface area is 128 Å². The fraction of sp³-hybridized carbons (Fsp3) is 0.308. The van der Waals surface area contributed by atoms with Gasteiger partial charge in [-0.2, -0.15) is 22.9 Å². The van der Waals surface area contributed by atoms with Gasteiger partial charge in [0.15, 0.2) is 0 Å². The Morgan fingerprint density at radius 3 is 2.59 bits per heavy atom. The molecule has 0 atom stereocenters. The van der Waals surface area contributed by atoms with E-state index >= 15 is 0 Å². The maximum atomic E-state index is 12.9. The molecule has 1 aromatic heterocycles. The van der Waals surface area contributed by atoms with Gasteiger partial charge in [0.1, 0.15) is 5.75 Å². The van der Waals surface area contributed by atoms with E-state index in [0.717, 1.165) is 10.2 Å². The lowest BCUT2D eigenvalue weighted by atomic mass is 10.1. The quantitative estimate of drug-likeness (QED) is 0.869. The Morgan fingerprint density at radius 2 is 1.95 bits per heavy atom. The third kappa shape index (κ3) is 2.80. The second kappa shape index (κ2) is 5.64. The van der Waals surface area contributed by atoms with Gasteiger partial charge in [0.05, 0.1) is 12.3 Å². The Hall–Kier alpha value is -2.03. The van der Waals surface area contributed by atoms with E-state index in [0.29, 0.717) is 23.8 Å². The summed E-state index contributed by atoms with van der Waals surface area (Å²) < 4.78 is 44.7. The summed E-state index contributed by atoms with van der Waals surface area (Å²) >= 11 is 1.17. The van der Waals surface area contributed by atoms with Crippen molar-refractivity contribution in [3.63, 3.8) is 0 Å². The van der Waals surface area contributed by atoms with E-state index in [9.17, 15) is 13.2 Å². The van der Waals surface area contributed by atoms with Crippen LogP contribution in [0, 0.1) is 0 Å². The average molecular weight is 328 g/mol. The summed E-state index contributed by atoms with van der Waals surface area (Å²) in [6.45, 7) is 2.43. The monoisotopic (exact) mass is 328 g/mol. The van der Waals surface area contributed by atoms with E-state index in [1.165, 1.54) is 11.8 Å². The van der Waals surface area contributed by atoms with Crippen LogP contribution in [0.2, 0.25) is 0 Å². The lowest BCUT2D eigenvalue weighted by Crippen LogP contribution is -2.18. The standard InChI is InChI=1S/C13H11F3N4OS/c1-2-21-9-5-3-8(4-6-9)10-7-22-12-18-17-11(13(14,15)16)20(12)19-10/h3-6H,2,7H2,1H3. The number of benzene rings is 1. The van der Waals surface area contributed by atoms with Crippen molar-refractivity contribution in [1.29, 1.82) is 0 Å². The predicted octanol–water partition coefficient (Wildman–Crippen LogP) is 3.05. The molecule has 1 aromatic carbocycles. The van der Waals surface area contributed by atoms with Crippen molar-refractivity contribution in [2.45, 2.75) is 18.3 Å². The third-order valence-electron chi connectivity index (χ3n) is 2.92. The molecule has 0 N–H and O–H groups in total. The van der Waals surface area contributed by atoms with Gasteiger partial charge in [0.25, 0.3) is 5.82 Å². The van der Waals surface area contributed by atoms with Crippen LogP contribution in [0.3, 0.4) is 0 Å². The van der Waals surface area contributed by atoms with Gasteiger partial charge in [-0.15, -0.1) is 10.2 Å². The normalized spacial score (nSPS) is 14.5. The van der Waals surface area contributed by atoms with E-state index in [2.05, 4.69) is 15.3 Å². The van der Waals surface area contributed by atoms with Crippen LogP contribution in [0.15, 0.2) is 34.5 Å². The molecule has 1 aliphatic heterocycles. The molecule has 0 saturated carbocycles. The van der Waals surface area contributed by atoms with Crippen LogP contribution in [0.5, 0.6) is 5.75 Å². The number of thioether (sulfide) groups is 1. The molecule has 0 fully saturated rings. The SMILES string of the molecule is CCOc1ccc(C2=Nn3c(nnc3C(F)(F)F)SC2)cc1. The lowest BCUT2D eigenvalue weighted by molar-refractivity contribution is -0.147. The van der Waals surface area contributed by atoms with Crippen LogP contribution >= 0.6 is 11.8 Å². The largest absolute Gasteiger partial charge is 0.494 e. The summed E-state index contributed by atoms with van der Waals surface area (Å²) in [6.07, 6.45) is -4.59. The van der Waals surface area contributed by atoms with Gasteiger partial charge in [-0.1, -0.05) is 11.8 Å². The third-order valence-corrected chi connectivity index (χ3v) is 3.85. The van der Waals surface area contributed by atoms with E-state index in [1.807, 2.05) is 6.92 Å². The highest BCUT2D eigenvalue weighted by Gasteiger charge is 2.39. The maximum Gasteiger partial charge on any atom is 0.453 e. The van der Waals surface area contributed by atoms with Crippen molar-refractivity contribution < 1.29 is 17.9 Å². The van der Waals surface area contributed by atoms with Crippen molar-refractivity contribution in [1.82, 2.24) is 14.9 Å². The number of ether oxygens (including phenoxy) is 1. The van der Waals surface area contributed by atoms with Crippen molar-refractivity contribution in [3.8, 4) is 5.75 Å². The molecule has 1 aliphatic rings. The van der Waals surface area contributed by atoms with E-state index < -0.39 is 12.0 Å². The van der Waals surface area contributed by atoms with Crippen LogP contribution < -0.4 is 4.74 Å². The van der Waals surface area contributed by atoms with E-state index in [4.69, 9.17) is 4.74 Å². The number of hydrogen-bond donors (Lipinski definition) is 0. The predicted molar refractivity (Wildman–Crippen MR) is 75.3 cm³/mol. The fourth-order valence-electron chi connectivity index (χ4n) is 1.96. The molecule has 2 aromatic rings. The Balaban J connectivity index is 1.95. The zero-order valence-electron chi connectivity index (χ0n) is 11.5. The molecule has 0 radical (unpaired) electrons. The van der Waals surface area contributed by atoms with Crippen molar-refractivity contribution in [2.75, 3.05) is 12.4 Å². The van der Waals surface area contributed by atoms with Gasteiger partial charge in [-0.05, 0) is 36.8 Å². The van der Waals surface area contributed by atoms with E-state index in [1.54, 1.807) is 24.3 Å². The molecule has 22 heavy (non-hydrogen) atoms. The molecule has 9 heteroatoms. The summed E-state index contributed by atoms with van der Waals surface area (Å²) in [5, 5.41) is 10.9. The van der Waals surface area contributed by atoms with Crippen LogP contribution in [-0.4, -0.2) is 32.9 Å². The first-order valence-electron chi connectivity index (χ1n) is 6.45. The van der Waals surface area contributed by atoms with Crippen LogP contribution in [0.4, 0.5) is 13.2 Å². The average Bonchev–Trinajstić information content (AvgIpc) is 2.91. The second-order valence-corrected chi connectivity index (χ2v) is 5.35. The first kappa shape index (κ1) is 14.9. The van der Waals surface area contributed by atoms with Gasteiger partial charge in [0.2, 0.25) is 5.16 Å². The molecule has 0 amide bonds. The minimum absolute atomic E-state index is 0.141. The van der Waals surface area contributed by atoms with Crippen molar-refractivity contribution >= 4 is 17.5 Å². The summed E-state index contributed by atoms with van der Waals surface area (Å²) in [5.41, 5.74) is 1.27. The van der Waals surface area contributed by atoms with Gasteiger partial charge < -0.3 is 4.74 Å². The summed E-state index contributed by atoms with van der Waals surface area (Å²) in [5.74, 6) is 0.0265. The highest BCUT2D eigenvalue weighted by atomic mass is 32.2. The molecular weight excluding hydrogens is 317 g/mol. The molecule has 0 unspecified atom stereocenters. The van der Waals surface area contributed by atoms with Crippen LogP contribution in [0.25, 0.3) is 0 Å². The topological polar surface area (TPSA) is 52.3 Å². The number of rotatable bonds is 3. The Bertz CT molecular complexity index is 709. The molecule has 0 spiro atoms. The molecule has 0 aliphatic carbocycles. The highest BCUT2D eigenvalue weighted by molar-refractivity contribution is 7.99. The lowest BCUT2D eigenvalue weighted by Gasteiger charge is -2.14. The van der Waals surface area contributed by atoms with Crippen molar-refractivity contribution in [3.05, 3.63) is 35.7 Å². The smallest absolute Gasteiger partial charge is 0.453 e. The molecule has 3 rings (SSSR count). The molecule has 2 heterocycles.